The molecule has 16 nitrogen and oxygen atoms in total. The molecule has 59 heavy (non-hydrogen) atoms. The Morgan fingerprint density at radius 2 is 1.78 bits per heavy atom. The lowest BCUT2D eigenvalue weighted by Gasteiger charge is -2.31. The molecular weight excluding hydrogens is 799 g/mol. The Morgan fingerprint density at radius 1 is 1.02 bits per heavy atom. The van der Waals surface area contributed by atoms with Crippen molar-refractivity contribution in [2.45, 2.75) is 43.9 Å². The number of H-pyrrole nitrogens is 1. The van der Waals surface area contributed by atoms with E-state index in [1.54, 1.807) is 48.0 Å². The topological polar surface area (TPSA) is 203 Å². The van der Waals surface area contributed by atoms with Gasteiger partial charge in [0.1, 0.15) is 31.1 Å². The summed E-state index contributed by atoms with van der Waals surface area (Å²) in [5, 5.41) is 18.9. The maximum Gasteiger partial charge on any atom is 0.261 e. The van der Waals surface area contributed by atoms with E-state index in [9.17, 15) is 18.5 Å². The van der Waals surface area contributed by atoms with Gasteiger partial charge in [0.05, 0.1) is 71.5 Å². The summed E-state index contributed by atoms with van der Waals surface area (Å²) >= 11 is 1.65. The lowest BCUT2D eigenvalue weighted by molar-refractivity contribution is -0.126. The highest BCUT2D eigenvalue weighted by Gasteiger charge is 2.23. The summed E-state index contributed by atoms with van der Waals surface area (Å²) in [4.78, 5) is 22.0. The number of ether oxygens (including phenoxy) is 5. The first-order valence-corrected chi connectivity index (χ1v) is 21.5. The van der Waals surface area contributed by atoms with E-state index in [2.05, 4.69) is 36.1 Å². The fourth-order valence-corrected chi connectivity index (χ4v) is 8.49. The zero-order valence-electron chi connectivity index (χ0n) is 32.5. The smallest absolute Gasteiger partial charge is 0.261 e. The van der Waals surface area contributed by atoms with Gasteiger partial charge in [-0.05, 0) is 71.8 Å². The largest absolute Gasteiger partial charge is 0.489 e. The normalized spacial score (nSPS) is 13.8. The van der Waals surface area contributed by atoms with Crippen molar-refractivity contribution >= 4 is 54.1 Å². The molecule has 1 aliphatic heterocycles. The molecule has 0 saturated carbocycles. The zero-order chi connectivity index (χ0) is 41.0. The van der Waals surface area contributed by atoms with Gasteiger partial charge in [0.15, 0.2) is 5.76 Å². The summed E-state index contributed by atoms with van der Waals surface area (Å²) in [6.45, 7) is 6.29. The molecule has 0 radical (unpaired) electrons. The molecule has 1 fully saturated rings. The van der Waals surface area contributed by atoms with Crippen LogP contribution in [0.5, 0.6) is 11.6 Å². The predicted octanol–water partition coefficient (Wildman–Crippen LogP) is 5.53. The molecule has 7 rings (SSSR count). The summed E-state index contributed by atoms with van der Waals surface area (Å²) in [5.74, 6) is 1.76. The number of hydrogen-bond acceptors (Lipinski definition) is 14. The summed E-state index contributed by atoms with van der Waals surface area (Å²) in [5.41, 5.74) is 3.87. The Labute approximate surface area is 345 Å². The molecule has 18 heteroatoms. The first-order chi connectivity index (χ1) is 28.8. The minimum absolute atomic E-state index is 0.0586. The molecule has 3 N–H and O–H groups in total. The number of fused-ring (bicyclic) bond motifs is 2. The number of hydrogen-bond donors (Lipinski definition) is 3. The van der Waals surface area contributed by atoms with Crippen molar-refractivity contribution in [1.82, 2.24) is 25.3 Å². The predicted molar refractivity (Wildman–Crippen MR) is 220 cm³/mol. The first kappa shape index (κ1) is 41.6. The molecule has 2 aromatic carbocycles. The Kier molecular flexibility index (Phi) is 14.1. The maximum atomic E-state index is 13.1. The third kappa shape index (κ3) is 11.1. The zero-order valence-corrected chi connectivity index (χ0v) is 34.1. The van der Waals surface area contributed by atoms with Gasteiger partial charge >= 0.3 is 0 Å². The molecule has 0 atom stereocenters. The number of aryl methyl sites for hydroxylation is 1. The molecule has 0 aliphatic carbocycles. The fraction of sp³-hybridized carbons (Fsp3) is 0.366. The molecule has 5 heterocycles. The molecule has 0 bridgehead atoms. The highest BCUT2D eigenvalue weighted by Crippen LogP contribution is 2.32. The quantitative estimate of drug-likeness (QED) is 0.0764. The van der Waals surface area contributed by atoms with Gasteiger partial charge in [0.2, 0.25) is 5.91 Å². The van der Waals surface area contributed by atoms with Crippen molar-refractivity contribution in [1.29, 1.82) is 5.26 Å². The average Bonchev–Trinajstić information content (AvgIpc) is 4.02. The molecule has 1 aliphatic rings. The van der Waals surface area contributed by atoms with Crippen LogP contribution >= 0.6 is 11.3 Å². The number of anilines is 1. The third-order valence-corrected chi connectivity index (χ3v) is 11.9. The lowest BCUT2D eigenvalue weighted by atomic mass is 10.1. The van der Waals surface area contributed by atoms with E-state index >= 15 is 0 Å². The standard InChI is InChI=1S/C41H45N7O9S2/c1-28-2-7-34(40-39(28)30(23-42)25-45-40)47-59(50,51)33-5-3-29(4-6-33)24-44-37(49)27-54-18-17-52-15-16-53-19-20-55-38-22-32(57-46-38)26-48-13-9-31(10-14-48)56-36-8-12-43-35-11-21-58-41(35)36/h2-8,11-12,21-22,25,31,45,47H,9-10,13-20,24,26-27H2,1H3,(H,44,49). The maximum absolute atomic E-state index is 13.1. The van der Waals surface area contributed by atoms with Crippen molar-refractivity contribution in [3.63, 3.8) is 0 Å². The number of benzene rings is 2. The molecule has 1 amide bonds. The lowest BCUT2D eigenvalue weighted by Crippen LogP contribution is -2.37. The fourth-order valence-electron chi connectivity index (χ4n) is 6.61. The number of thiophene rings is 1. The molecule has 0 unspecified atom stereocenters. The Hall–Kier alpha value is -5.55. The van der Waals surface area contributed by atoms with Gasteiger partial charge in [-0.15, -0.1) is 11.3 Å². The number of nitrogens with zero attached hydrogens (tertiary/aromatic N) is 4. The number of piperidine rings is 1. The van der Waals surface area contributed by atoms with Crippen LogP contribution in [0.2, 0.25) is 0 Å². The Morgan fingerprint density at radius 3 is 2.56 bits per heavy atom. The van der Waals surface area contributed by atoms with Crippen molar-refractivity contribution in [2.75, 3.05) is 64.1 Å². The van der Waals surface area contributed by atoms with Gasteiger partial charge in [0.25, 0.3) is 15.9 Å². The molecule has 4 aromatic heterocycles. The second-order valence-electron chi connectivity index (χ2n) is 13.8. The second-order valence-corrected chi connectivity index (χ2v) is 16.4. The molecule has 6 aromatic rings. The molecule has 310 valence electrons. The second kappa shape index (κ2) is 19.9. The van der Waals surface area contributed by atoms with Crippen LogP contribution < -0.4 is 19.5 Å². The molecular formula is C41H45N7O9S2. The summed E-state index contributed by atoms with van der Waals surface area (Å²) < 4.78 is 63.8. The number of pyridine rings is 1. The van der Waals surface area contributed by atoms with E-state index in [1.807, 2.05) is 30.5 Å². The highest BCUT2D eigenvalue weighted by atomic mass is 32.2. The minimum Gasteiger partial charge on any atom is -0.489 e. The van der Waals surface area contributed by atoms with Gasteiger partial charge in [-0.25, -0.2) is 8.42 Å². The van der Waals surface area contributed by atoms with Crippen molar-refractivity contribution in [2.24, 2.45) is 0 Å². The SMILES string of the molecule is Cc1ccc(NS(=O)(=O)c2ccc(CNC(=O)COCCOCCOCCOc3cc(CN4CCC(Oc5ccnc6ccsc56)CC4)on3)cc2)c2[nH]cc(C#N)c12. The Bertz CT molecular complexity index is 2470. The van der Waals surface area contributed by atoms with E-state index in [0.717, 1.165) is 53.2 Å². The van der Waals surface area contributed by atoms with Crippen LogP contribution in [0.4, 0.5) is 5.69 Å². The number of rotatable bonds is 21. The summed E-state index contributed by atoms with van der Waals surface area (Å²) in [6, 6.07) is 17.5. The van der Waals surface area contributed by atoms with Crippen LogP contribution in [-0.4, -0.2) is 99.8 Å². The van der Waals surface area contributed by atoms with E-state index in [4.69, 9.17) is 28.2 Å². The van der Waals surface area contributed by atoms with Crippen molar-refractivity contribution in [3.05, 3.63) is 94.8 Å². The number of nitriles is 1. The van der Waals surface area contributed by atoms with Gasteiger partial charge < -0.3 is 38.5 Å². The third-order valence-electron chi connectivity index (χ3n) is 9.64. The van der Waals surface area contributed by atoms with Crippen LogP contribution in [0.15, 0.2) is 81.8 Å². The van der Waals surface area contributed by atoms with Crippen molar-refractivity contribution in [3.8, 4) is 17.7 Å². The Balaban J connectivity index is 0.692. The first-order valence-electron chi connectivity index (χ1n) is 19.2. The number of carbonyl (C=O) groups is 1. The monoisotopic (exact) mass is 843 g/mol. The average molecular weight is 844 g/mol. The van der Waals surface area contributed by atoms with Crippen molar-refractivity contribution < 1.29 is 41.4 Å². The van der Waals surface area contributed by atoms with Crippen LogP contribution in [0, 0.1) is 18.3 Å². The van der Waals surface area contributed by atoms with Crippen LogP contribution in [0.25, 0.3) is 21.1 Å². The number of sulfonamides is 1. The number of amides is 1. The number of carbonyl (C=O) groups excluding carboxylic acids is 1. The van der Waals surface area contributed by atoms with E-state index in [1.165, 1.54) is 12.1 Å². The van der Waals surface area contributed by atoms with Gasteiger partial charge in [-0.3, -0.25) is 19.4 Å². The number of aromatic nitrogens is 3. The number of likely N-dealkylation sites (tertiary alicyclic amines) is 1. The number of aromatic amines is 1. The van der Waals surface area contributed by atoms with E-state index in [0.29, 0.717) is 73.2 Å². The van der Waals surface area contributed by atoms with E-state index in [-0.39, 0.29) is 36.7 Å². The van der Waals surface area contributed by atoms with Crippen LogP contribution in [-0.2, 0) is 42.1 Å². The summed E-state index contributed by atoms with van der Waals surface area (Å²) in [6.07, 6.45) is 5.37. The summed E-state index contributed by atoms with van der Waals surface area (Å²) in [7, 11) is -3.91. The van der Waals surface area contributed by atoms with Crippen LogP contribution in [0.3, 0.4) is 0 Å². The molecule has 1 saturated heterocycles. The highest BCUT2D eigenvalue weighted by molar-refractivity contribution is 7.92. The number of nitrogens with one attached hydrogen (secondary N) is 3. The van der Waals surface area contributed by atoms with Gasteiger partial charge in [-0.1, -0.05) is 18.2 Å². The molecule has 0 spiro atoms. The van der Waals surface area contributed by atoms with Crippen LogP contribution in [0.1, 0.15) is 35.3 Å². The minimum atomic E-state index is -3.91. The van der Waals surface area contributed by atoms with Gasteiger partial charge in [0, 0.05) is 43.5 Å². The van der Waals surface area contributed by atoms with Gasteiger partial charge in [-0.2, -0.15) is 5.26 Å². The van der Waals surface area contributed by atoms with E-state index < -0.39 is 10.0 Å².